The molecule has 0 atom stereocenters. The number of nitrogen functional groups attached to an aromatic ring is 2. The zero-order valence-corrected chi connectivity index (χ0v) is 14.4. The summed E-state index contributed by atoms with van der Waals surface area (Å²) in [6, 6.07) is 32.9. The summed E-state index contributed by atoms with van der Waals surface area (Å²) in [5.41, 5.74) is 20.4. The summed E-state index contributed by atoms with van der Waals surface area (Å²) in [5.74, 6) is 0. The Kier molecular flexibility index (Phi) is 4.16. The van der Waals surface area contributed by atoms with Crippen LogP contribution in [-0.4, -0.2) is 0 Å². The smallest absolute Gasteiger partial charge is 0.0320 e. The highest BCUT2D eigenvalue weighted by Gasteiger charge is 2.12. The molecule has 126 valence electrons. The summed E-state index contributed by atoms with van der Waals surface area (Å²) in [7, 11) is 0. The van der Waals surface area contributed by atoms with Gasteiger partial charge in [-0.2, -0.15) is 0 Å². The Balaban J connectivity index is 1.95. The molecule has 26 heavy (non-hydrogen) atoms. The van der Waals surface area contributed by atoms with Crippen molar-refractivity contribution in [3.05, 3.63) is 97.1 Å². The van der Waals surface area contributed by atoms with Gasteiger partial charge in [0.1, 0.15) is 0 Å². The molecule has 4 aromatic carbocycles. The highest BCUT2D eigenvalue weighted by molar-refractivity contribution is 5.92. The van der Waals surface area contributed by atoms with Crippen LogP contribution in [0.4, 0.5) is 11.4 Å². The fourth-order valence-corrected chi connectivity index (χ4v) is 3.29. The zero-order chi connectivity index (χ0) is 17.9. The van der Waals surface area contributed by atoms with Crippen molar-refractivity contribution >= 4 is 11.4 Å². The van der Waals surface area contributed by atoms with Gasteiger partial charge in [0.15, 0.2) is 0 Å². The Hall–Kier alpha value is -3.52. The van der Waals surface area contributed by atoms with Gasteiger partial charge >= 0.3 is 0 Å². The van der Waals surface area contributed by atoms with Gasteiger partial charge in [0.05, 0.1) is 0 Å². The van der Waals surface area contributed by atoms with Crippen LogP contribution in [0, 0.1) is 0 Å². The van der Waals surface area contributed by atoms with Crippen LogP contribution in [0.1, 0.15) is 0 Å². The van der Waals surface area contributed by atoms with Gasteiger partial charge < -0.3 is 11.5 Å². The van der Waals surface area contributed by atoms with Crippen LogP contribution < -0.4 is 11.5 Å². The van der Waals surface area contributed by atoms with Crippen LogP contribution >= 0.6 is 0 Å². The molecule has 0 amide bonds. The lowest BCUT2D eigenvalue weighted by Gasteiger charge is -2.15. The van der Waals surface area contributed by atoms with Crippen molar-refractivity contribution < 1.29 is 0 Å². The van der Waals surface area contributed by atoms with E-state index in [4.69, 9.17) is 11.5 Å². The van der Waals surface area contributed by atoms with Crippen LogP contribution in [0.2, 0.25) is 0 Å². The van der Waals surface area contributed by atoms with E-state index in [0.29, 0.717) is 0 Å². The third kappa shape index (κ3) is 3.05. The maximum Gasteiger partial charge on any atom is 0.0320 e. The second-order valence-corrected chi connectivity index (χ2v) is 6.34. The minimum atomic E-state index is 0.752. The Labute approximate surface area is 153 Å². The molecule has 0 radical (unpaired) electrons. The summed E-state index contributed by atoms with van der Waals surface area (Å²) in [4.78, 5) is 0. The molecule has 0 aliphatic carbocycles. The average Bonchev–Trinajstić information content (AvgIpc) is 2.69. The van der Waals surface area contributed by atoms with Crippen LogP contribution in [0.3, 0.4) is 0 Å². The van der Waals surface area contributed by atoms with E-state index in [0.717, 1.165) is 33.6 Å². The maximum atomic E-state index is 6.14. The second-order valence-electron chi connectivity index (χ2n) is 6.34. The molecule has 4 aromatic rings. The number of anilines is 2. The molecule has 0 aliphatic heterocycles. The molecule has 0 bridgehead atoms. The van der Waals surface area contributed by atoms with Gasteiger partial charge in [-0.3, -0.25) is 0 Å². The van der Waals surface area contributed by atoms with Crippen molar-refractivity contribution in [1.82, 2.24) is 0 Å². The van der Waals surface area contributed by atoms with E-state index in [-0.39, 0.29) is 0 Å². The van der Waals surface area contributed by atoms with E-state index in [1.807, 2.05) is 30.3 Å². The second kappa shape index (κ2) is 6.77. The van der Waals surface area contributed by atoms with Crippen molar-refractivity contribution in [2.45, 2.75) is 0 Å². The lowest BCUT2D eigenvalue weighted by molar-refractivity contribution is 1.56. The van der Waals surface area contributed by atoms with Crippen molar-refractivity contribution in [3.8, 4) is 33.4 Å². The first-order valence-corrected chi connectivity index (χ1v) is 8.62. The van der Waals surface area contributed by atoms with E-state index < -0.39 is 0 Å². The molecule has 0 aliphatic rings. The minimum absolute atomic E-state index is 0.752. The summed E-state index contributed by atoms with van der Waals surface area (Å²) in [6.07, 6.45) is 0. The number of benzene rings is 4. The van der Waals surface area contributed by atoms with Gasteiger partial charge in [-0.25, -0.2) is 0 Å². The Morgan fingerprint density at radius 1 is 0.385 bits per heavy atom. The number of nitrogens with two attached hydrogens (primary N) is 2. The van der Waals surface area contributed by atoms with E-state index in [9.17, 15) is 0 Å². The Morgan fingerprint density at radius 2 is 0.923 bits per heavy atom. The van der Waals surface area contributed by atoms with Crippen LogP contribution in [0.25, 0.3) is 33.4 Å². The molecule has 2 nitrogen and oxygen atoms in total. The van der Waals surface area contributed by atoms with Gasteiger partial charge in [0.25, 0.3) is 0 Å². The van der Waals surface area contributed by atoms with E-state index in [2.05, 4.69) is 66.7 Å². The van der Waals surface area contributed by atoms with Crippen LogP contribution in [-0.2, 0) is 0 Å². The molecule has 0 saturated carbocycles. The first-order valence-electron chi connectivity index (χ1n) is 8.62. The quantitative estimate of drug-likeness (QED) is 0.461. The lowest BCUT2D eigenvalue weighted by Crippen LogP contribution is -1.92. The Morgan fingerprint density at radius 3 is 1.65 bits per heavy atom. The topological polar surface area (TPSA) is 52.0 Å². The van der Waals surface area contributed by atoms with Crippen molar-refractivity contribution in [2.75, 3.05) is 11.5 Å². The van der Waals surface area contributed by atoms with Gasteiger partial charge in [0.2, 0.25) is 0 Å². The zero-order valence-electron chi connectivity index (χ0n) is 14.4. The maximum absolute atomic E-state index is 6.14. The largest absolute Gasteiger partial charge is 0.399 e. The van der Waals surface area contributed by atoms with Gasteiger partial charge in [0, 0.05) is 11.4 Å². The number of hydrogen-bond donors (Lipinski definition) is 2. The summed E-state index contributed by atoms with van der Waals surface area (Å²) < 4.78 is 0. The van der Waals surface area contributed by atoms with Crippen molar-refractivity contribution in [3.63, 3.8) is 0 Å². The first kappa shape index (κ1) is 16.0. The van der Waals surface area contributed by atoms with Gasteiger partial charge in [-0.1, -0.05) is 72.8 Å². The van der Waals surface area contributed by atoms with Crippen molar-refractivity contribution in [1.29, 1.82) is 0 Å². The summed E-state index contributed by atoms with van der Waals surface area (Å²) in [6.45, 7) is 0. The normalized spacial score (nSPS) is 10.6. The molecule has 4 rings (SSSR count). The molecule has 0 saturated heterocycles. The molecular formula is C24H20N2. The Bertz CT molecular complexity index is 1040. The van der Waals surface area contributed by atoms with Gasteiger partial charge in [-0.15, -0.1) is 0 Å². The van der Waals surface area contributed by atoms with E-state index in [1.165, 1.54) is 11.1 Å². The fourth-order valence-electron chi connectivity index (χ4n) is 3.29. The molecule has 0 spiro atoms. The van der Waals surface area contributed by atoms with Crippen LogP contribution in [0.15, 0.2) is 97.1 Å². The van der Waals surface area contributed by atoms with Gasteiger partial charge in [-0.05, 0) is 57.6 Å². The highest BCUT2D eigenvalue weighted by atomic mass is 14.5. The third-order valence-electron chi connectivity index (χ3n) is 4.57. The summed E-state index contributed by atoms with van der Waals surface area (Å²) >= 11 is 0. The highest BCUT2D eigenvalue weighted by Crippen LogP contribution is 2.39. The van der Waals surface area contributed by atoms with E-state index >= 15 is 0 Å². The molecule has 0 heterocycles. The predicted octanol–water partition coefficient (Wildman–Crippen LogP) is 5.85. The fraction of sp³-hybridized carbons (Fsp3) is 0. The molecule has 0 unspecified atom stereocenters. The first-order chi connectivity index (χ1) is 12.7. The lowest BCUT2D eigenvalue weighted by atomic mass is 9.89. The molecule has 2 heteroatoms. The molecule has 4 N–H and O–H groups in total. The van der Waals surface area contributed by atoms with Crippen molar-refractivity contribution in [2.24, 2.45) is 0 Å². The third-order valence-corrected chi connectivity index (χ3v) is 4.57. The standard InChI is InChI=1S/C24H20N2/c25-19-12-10-18(11-13-19)22-15-14-20(26)16-24(22)23-9-5-4-8-21(23)17-6-2-1-3-7-17/h1-16H,25-26H2. The molecule has 0 fully saturated rings. The number of hydrogen-bond acceptors (Lipinski definition) is 2. The van der Waals surface area contributed by atoms with E-state index in [1.54, 1.807) is 0 Å². The minimum Gasteiger partial charge on any atom is -0.399 e. The monoisotopic (exact) mass is 336 g/mol. The predicted molar refractivity (Wildman–Crippen MR) is 112 cm³/mol. The molecule has 0 aromatic heterocycles. The van der Waals surface area contributed by atoms with Crippen LogP contribution in [0.5, 0.6) is 0 Å². The average molecular weight is 336 g/mol. The molecular weight excluding hydrogens is 316 g/mol. The number of rotatable bonds is 3. The SMILES string of the molecule is Nc1ccc(-c2ccc(N)cc2-c2ccccc2-c2ccccc2)cc1. The summed E-state index contributed by atoms with van der Waals surface area (Å²) in [5, 5.41) is 0.